The molecule has 3 atom stereocenters. The van der Waals surface area contributed by atoms with E-state index in [2.05, 4.69) is 4.98 Å². The molecular formula is C12H16ClNO3S. The summed E-state index contributed by atoms with van der Waals surface area (Å²) < 4.78 is 11.9. The lowest BCUT2D eigenvalue weighted by atomic mass is 9.82. The average molecular weight is 290 g/mol. The Morgan fingerprint density at radius 1 is 1.56 bits per heavy atom. The van der Waals surface area contributed by atoms with E-state index in [0.29, 0.717) is 22.6 Å². The second-order valence-corrected chi connectivity index (χ2v) is 6.73. The SMILES string of the molecule is OC(c1ncc(Cl)s1)C1CCOC2(CCOC2)C1. The summed E-state index contributed by atoms with van der Waals surface area (Å²) in [6.45, 7) is 2.09. The molecule has 3 unspecified atom stereocenters. The summed E-state index contributed by atoms with van der Waals surface area (Å²) in [4.78, 5) is 4.17. The molecule has 1 aromatic heterocycles. The number of rotatable bonds is 2. The quantitative estimate of drug-likeness (QED) is 0.908. The maximum Gasteiger partial charge on any atom is 0.123 e. The molecule has 0 amide bonds. The zero-order chi connectivity index (χ0) is 12.6. The van der Waals surface area contributed by atoms with E-state index in [-0.39, 0.29) is 11.5 Å². The first kappa shape index (κ1) is 12.8. The highest BCUT2D eigenvalue weighted by atomic mass is 35.5. The van der Waals surface area contributed by atoms with Gasteiger partial charge in [-0.1, -0.05) is 11.6 Å². The van der Waals surface area contributed by atoms with Crippen molar-refractivity contribution in [1.29, 1.82) is 0 Å². The van der Waals surface area contributed by atoms with Crippen molar-refractivity contribution < 1.29 is 14.6 Å². The third-order valence-electron chi connectivity index (χ3n) is 3.79. The van der Waals surface area contributed by atoms with E-state index in [1.807, 2.05) is 0 Å². The molecule has 2 saturated heterocycles. The van der Waals surface area contributed by atoms with Crippen LogP contribution in [0.25, 0.3) is 0 Å². The fraction of sp³-hybridized carbons (Fsp3) is 0.750. The van der Waals surface area contributed by atoms with E-state index in [0.717, 1.165) is 25.9 Å². The van der Waals surface area contributed by atoms with Gasteiger partial charge in [-0.05, 0) is 18.8 Å². The largest absolute Gasteiger partial charge is 0.386 e. The van der Waals surface area contributed by atoms with Crippen molar-refractivity contribution in [2.45, 2.75) is 31.0 Å². The second kappa shape index (κ2) is 5.06. The highest BCUT2D eigenvalue weighted by Crippen LogP contribution is 2.41. The molecule has 1 N–H and O–H groups in total. The smallest absolute Gasteiger partial charge is 0.123 e. The summed E-state index contributed by atoms with van der Waals surface area (Å²) in [5, 5.41) is 11.1. The fourth-order valence-corrected chi connectivity index (χ4v) is 3.81. The van der Waals surface area contributed by atoms with Crippen molar-refractivity contribution in [1.82, 2.24) is 4.98 Å². The van der Waals surface area contributed by atoms with Gasteiger partial charge >= 0.3 is 0 Å². The summed E-state index contributed by atoms with van der Waals surface area (Å²) in [6, 6.07) is 0. The molecule has 0 radical (unpaired) electrons. The van der Waals surface area contributed by atoms with E-state index >= 15 is 0 Å². The van der Waals surface area contributed by atoms with Gasteiger partial charge in [-0.2, -0.15) is 0 Å². The summed E-state index contributed by atoms with van der Waals surface area (Å²) in [5.41, 5.74) is -0.176. The maximum atomic E-state index is 10.4. The standard InChI is InChI=1S/C12H16ClNO3S/c13-9-6-14-11(18-9)10(15)8-1-3-17-12(5-8)2-4-16-7-12/h6,8,10,15H,1-5,7H2. The van der Waals surface area contributed by atoms with Crippen molar-refractivity contribution in [3.8, 4) is 0 Å². The number of nitrogens with zero attached hydrogens (tertiary/aromatic N) is 1. The van der Waals surface area contributed by atoms with E-state index in [4.69, 9.17) is 21.1 Å². The molecule has 3 rings (SSSR count). The predicted molar refractivity (Wildman–Crippen MR) is 68.9 cm³/mol. The Morgan fingerprint density at radius 2 is 2.44 bits per heavy atom. The molecule has 1 spiro atoms. The molecule has 0 bridgehead atoms. The number of hydrogen-bond donors (Lipinski definition) is 1. The van der Waals surface area contributed by atoms with Crippen LogP contribution in [0.3, 0.4) is 0 Å². The lowest BCUT2D eigenvalue weighted by Gasteiger charge is -2.38. The molecule has 0 aliphatic carbocycles. The van der Waals surface area contributed by atoms with Crippen LogP contribution in [-0.2, 0) is 9.47 Å². The number of aliphatic hydroxyl groups is 1. The molecule has 2 fully saturated rings. The van der Waals surface area contributed by atoms with Crippen LogP contribution in [0.5, 0.6) is 0 Å². The number of halogens is 1. The lowest BCUT2D eigenvalue weighted by Crippen LogP contribution is -2.41. The average Bonchev–Trinajstić information content (AvgIpc) is 2.98. The fourth-order valence-electron chi connectivity index (χ4n) is 2.80. The van der Waals surface area contributed by atoms with Crippen molar-refractivity contribution in [3.63, 3.8) is 0 Å². The maximum absolute atomic E-state index is 10.4. The van der Waals surface area contributed by atoms with Gasteiger partial charge in [0, 0.05) is 19.6 Å². The number of thiazole rings is 1. The van der Waals surface area contributed by atoms with Crippen LogP contribution < -0.4 is 0 Å². The molecular weight excluding hydrogens is 274 g/mol. The zero-order valence-corrected chi connectivity index (χ0v) is 11.5. The van der Waals surface area contributed by atoms with Gasteiger partial charge in [-0.25, -0.2) is 4.98 Å². The Labute approximate surface area is 115 Å². The number of aromatic nitrogens is 1. The summed E-state index contributed by atoms with van der Waals surface area (Å²) >= 11 is 7.22. The molecule has 100 valence electrons. The first-order valence-corrected chi connectivity index (χ1v) is 7.39. The number of ether oxygens (including phenoxy) is 2. The third kappa shape index (κ3) is 2.42. The molecule has 1 aromatic rings. The summed E-state index contributed by atoms with van der Waals surface area (Å²) in [5.74, 6) is 0.183. The molecule has 0 saturated carbocycles. The van der Waals surface area contributed by atoms with Gasteiger partial charge in [-0.3, -0.25) is 0 Å². The highest BCUT2D eigenvalue weighted by Gasteiger charge is 2.43. The summed E-state index contributed by atoms with van der Waals surface area (Å²) in [6.07, 6.45) is 3.68. The first-order valence-electron chi connectivity index (χ1n) is 6.20. The predicted octanol–water partition coefficient (Wildman–Crippen LogP) is 2.42. The Morgan fingerprint density at radius 3 is 3.11 bits per heavy atom. The number of aliphatic hydroxyl groups excluding tert-OH is 1. The Balaban J connectivity index is 1.72. The van der Waals surface area contributed by atoms with Crippen LogP contribution in [0.15, 0.2) is 6.20 Å². The zero-order valence-electron chi connectivity index (χ0n) is 9.97. The van der Waals surface area contributed by atoms with Gasteiger partial charge in [0.2, 0.25) is 0 Å². The highest BCUT2D eigenvalue weighted by molar-refractivity contribution is 7.15. The normalized spacial score (nSPS) is 34.0. The lowest BCUT2D eigenvalue weighted by molar-refractivity contribution is -0.117. The molecule has 2 aliphatic heterocycles. The van der Waals surface area contributed by atoms with Gasteiger partial charge in [0.25, 0.3) is 0 Å². The van der Waals surface area contributed by atoms with Crippen molar-refractivity contribution in [2.75, 3.05) is 19.8 Å². The monoisotopic (exact) mass is 289 g/mol. The Hall–Kier alpha value is -0.200. The minimum atomic E-state index is -0.538. The van der Waals surface area contributed by atoms with Gasteiger partial charge in [0.1, 0.15) is 15.4 Å². The first-order chi connectivity index (χ1) is 8.69. The van der Waals surface area contributed by atoms with Gasteiger partial charge in [0.15, 0.2) is 0 Å². The molecule has 3 heterocycles. The Kier molecular flexibility index (Phi) is 3.60. The molecule has 18 heavy (non-hydrogen) atoms. The molecule has 4 nitrogen and oxygen atoms in total. The van der Waals surface area contributed by atoms with Gasteiger partial charge in [-0.15, -0.1) is 11.3 Å². The van der Waals surface area contributed by atoms with Crippen molar-refractivity contribution in [3.05, 3.63) is 15.5 Å². The molecule has 2 aliphatic rings. The molecule has 0 aromatic carbocycles. The van der Waals surface area contributed by atoms with Crippen LogP contribution in [0.2, 0.25) is 4.34 Å². The topological polar surface area (TPSA) is 51.6 Å². The van der Waals surface area contributed by atoms with Crippen LogP contribution in [0, 0.1) is 5.92 Å². The van der Waals surface area contributed by atoms with Gasteiger partial charge in [0.05, 0.1) is 18.4 Å². The van der Waals surface area contributed by atoms with E-state index in [1.54, 1.807) is 6.20 Å². The Bertz CT molecular complexity index is 419. The van der Waals surface area contributed by atoms with Gasteiger partial charge < -0.3 is 14.6 Å². The van der Waals surface area contributed by atoms with Crippen LogP contribution in [-0.4, -0.2) is 35.5 Å². The number of hydrogen-bond acceptors (Lipinski definition) is 5. The van der Waals surface area contributed by atoms with Crippen LogP contribution >= 0.6 is 22.9 Å². The van der Waals surface area contributed by atoms with E-state index < -0.39 is 6.10 Å². The summed E-state index contributed by atoms with van der Waals surface area (Å²) in [7, 11) is 0. The van der Waals surface area contributed by atoms with E-state index in [1.165, 1.54) is 11.3 Å². The van der Waals surface area contributed by atoms with Crippen LogP contribution in [0.1, 0.15) is 30.4 Å². The van der Waals surface area contributed by atoms with Crippen molar-refractivity contribution >= 4 is 22.9 Å². The minimum Gasteiger partial charge on any atom is -0.386 e. The van der Waals surface area contributed by atoms with E-state index in [9.17, 15) is 5.11 Å². The second-order valence-electron chi connectivity index (χ2n) is 5.03. The van der Waals surface area contributed by atoms with Crippen molar-refractivity contribution in [2.24, 2.45) is 5.92 Å². The molecule has 6 heteroatoms. The minimum absolute atomic E-state index is 0.176. The third-order valence-corrected chi connectivity index (χ3v) is 4.98. The van der Waals surface area contributed by atoms with Crippen LogP contribution in [0.4, 0.5) is 0 Å².